The standard InChI is InChI=1S/C26H28N2O5/c1-3-4-13-23(25(30)31)28-24(29)15-14-17(2)27-26(32)33-16-22-20-11-7-5-9-18(20)19-10-6-8-12-21(19)22/h5-12,17,22-23H,13-16H2,1-2H3,(H,27,32)(H,28,29)(H,30,31). The van der Waals surface area contributed by atoms with Gasteiger partial charge in [-0.25, -0.2) is 9.59 Å². The Kier molecular flexibility index (Phi) is 8.09. The molecule has 172 valence electrons. The van der Waals surface area contributed by atoms with Crippen LogP contribution in [-0.2, 0) is 14.3 Å². The van der Waals surface area contributed by atoms with Gasteiger partial charge < -0.3 is 20.5 Å². The number of amides is 2. The number of hydrogen-bond acceptors (Lipinski definition) is 4. The lowest BCUT2D eigenvalue weighted by molar-refractivity contribution is -0.141. The number of carboxylic acid groups (broad SMARTS) is 1. The van der Waals surface area contributed by atoms with Crippen LogP contribution in [0.2, 0.25) is 0 Å². The van der Waals surface area contributed by atoms with E-state index in [2.05, 4.69) is 46.7 Å². The summed E-state index contributed by atoms with van der Waals surface area (Å²) in [6.45, 7) is 3.59. The molecule has 1 aliphatic rings. The predicted octanol–water partition coefficient (Wildman–Crippen LogP) is 3.68. The normalized spacial score (nSPS) is 13.5. The van der Waals surface area contributed by atoms with E-state index in [-0.39, 0.29) is 31.4 Å². The third-order valence-electron chi connectivity index (χ3n) is 5.63. The van der Waals surface area contributed by atoms with E-state index in [0.717, 1.165) is 22.3 Å². The number of nitrogens with one attached hydrogen (secondary N) is 2. The van der Waals surface area contributed by atoms with E-state index in [0.29, 0.717) is 6.42 Å². The number of carbonyl (C=O) groups is 3. The van der Waals surface area contributed by atoms with Crippen LogP contribution in [0.25, 0.3) is 11.1 Å². The summed E-state index contributed by atoms with van der Waals surface area (Å²) >= 11 is 0. The van der Waals surface area contributed by atoms with Crippen LogP contribution in [0.5, 0.6) is 0 Å². The van der Waals surface area contributed by atoms with Crippen molar-refractivity contribution in [3.8, 4) is 23.0 Å². The molecule has 1 aliphatic carbocycles. The van der Waals surface area contributed by atoms with Crippen molar-refractivity contribution in [3.05, 3.63) is 59.7 Å². The molecule has 3 N–H and O–H groups in total. The summed E-state index contributed by atoms with van der Waals surface area (Å²) in [6.07, 6.45) is -0.0763. The number of carboxylic acids is 1. The Hall–Kier alpha value is -3.79. The molecule has 2 aromatic carbocycles. The minimum atomic E-state index is -1.13. The Labute approximate surface area is 193 Å². The van der Waals surface area contributed by atoms with E-state index < -0.39 is 24.0 Å². The molecule has 2 unspecified atom stereocenters. The maximum absolute atomic E-state index is 12.3. The number of hydrogen-bond donors (Lipinski definition) is 3. The van der Waals surface area contributed by atoms with Gasteiger partial charge in [-0.2, -0.15) is 0 Å². The second kappa shape index (κ2) is 11.2. The zero-order chi connectivity index (χ0) is 23.8. The predicted molar refractivity (Wildman–Crippen MR) is 125 cm³/mol. The lowest BCUT2D eigenvalue weighted by Crippen LogP contribution is -2.41. The van der Waals surface area contributed by atoms with Crippen molar-refractivity contribution < 1.29 is 24.2 Å². The van der Waals surface area contributed by atoms with E-state index in [1.165, 1.54) is 0 Å². The second-order valence-corrected chi connectivity index (χ2v) is 8.00. The molecule has 0 radical (unpaired) electrons. The third-order valence-corrected chi connectivity index (χ3v) is 5.63. The van der Waals surface area contributed by atoms with Gasteiger partial charge in [0, 0.05) is 24.8 Å². The first-order valence-corrected chi connectivity index (χ1v) is 10.9. The Morgan fingerprint density at radius 3 is 2.21 bits per heavy atom. The van der Waals surface area contributed by atoms with Crippen LogP contribution >= 0.6 is 0 Å². The second-order valence-electron chi connectivity index (χ2n) is 8.00. The monoisotopic (exact) mass is 448 g/mol. The summed E-state index contributed by atoms with van der Waals surface area (Å²) in [5, 5.41) is 14.4. The van der Waals surface area contributed by atoms with E-state index in [9.17, 15) is 14.4 Å². The van der Waals surface area contributed by atoms with Crippen molar-refractivity contribution in [1.82, 2.24) is 10.6 Å². The number of aliphatic carboxylic acids is 1. The van der Waals surface area contributed by atoms with Crippen molar-refractivity contribution in [2.75, 3.05) is 6.61 Å². The molecular weight excluding hydrogens is 420 g/mol. The molecule has 7 nitrogen and oxygen atoms in total. The van der Waals surface area contributed by atoms with Gasteiger partial charge in [-0.05, 0) is 42.5 Å². The van der Waals surface area contributed by atoms with Crippen LogP contribution in [-0.4, -0.2) is 41.8 Å². The maximum atomic E-state index is 12.3. The lowest BCUT2D eigenvalue weighted by Gasteiger charge is -2.17. The summed E-state index contributed by atoms with van der Waals surface area (Å²) < 4.78 is 5.51. The van der Waals surface area contributed by atoms with Gasteiger partial charge in [0.15, 0.2) is 0 Å². The zero-order valence-electron chi connectivity index (χ0n) is 18.8. The minimum Gasteiger partial charge on any atom is -0.480 e. The fourth-order valence-corrected chi connectivity index (χ4v) is 3.93. The molecule has 7 heteroatoms. The lowest BCUT2D eigenvalue weighted by atomic mass is 9.98. The van der Waals surface area contributed by atoms with Gasteiger partial charge in [-0.3, -0.25) is 4.79 Å². The highest BCUT2D eigenvalue weighted by atomic mass is 16.5. The van der Waals surface area contributed by atoms with Gasteiger partial charge in [-0.15, -0.1) is 11.8 Å². The number of rotatable bonds is 9. The van der Waals surface area contributed by atoms with Crippen LogP contribution in [0.4, 0.5) is 4.79 Å². The SMILES string of the molecule is CC#CCC(NC(=O)CCC(C)NC(=O)OCC1c2ccccc2-c2ccccc21)C(=O)O. The Morgan fingerprint density at radius 1 is 1.03 bits per heavy atom. The number of alkyl carbamates (subject to hydrolysis) is 1. The van der Waals surface area contributed by atoms with Crippen molar-refractivity contribution >= 4 is 18.0 Å². The maximum Gasteiger partial charge on any atom is 0.407 e. The molecule has 0 spiro atoms. The van der Waals surface area contributed by atoms with Crippen LogP contribution in [0, 0.1) is 11.8 Å². The molecule has 2 amide bonds. The zero-order valence-corrected chi connectivity index (χ0v) is 18.8. The number of ether oxygens (including phenoxy) is 1. The van der Waals surface area contributed by atoms with E-state index in [4.69, 9.17) is 9.84 Å². The molecule has 0 heterocycles. The average Bonchev–Trinajstić information content (AvgIpc) is 3.12. The number of fused-ring (bicyclic) bond motifs is 3. The van der Waals surface area contributed by atoms with Crippen molar-refractivity contribution in [3.63, 3.8) is 0 Å². The van der Waals surface area contributed by atoms with Crippen LogP contribution in [0.1, 0.15) is 50.2 Å². The number of carbonyl (C=O) groups excluding carboxylic acids is 2. The highest BCUT2D eigenvalue weighted by molar-refractivity contribution is 5.83. The molecule has 0 aromatic heterocycles. The molecule has 0 aliphatic heterocycles. The van der Waals surface area contributed by atoms with Crippen molar-refractivity contribution in [2.24, 2.45) is 0 Å². The van der Waals surface area contributed by atoms with Crippen molar-refractivity contribution in [2.45, 2.75) is 51.1 Å². The largest absolute Gasteiger partial charge is 0.480 e. The molecule has 0 fully saturated rings. The summed E-state index contributed by atoms with van der Waals surface area (Å²) in [4.78, 5) is 35.6. The molecular formula is C26H28N2O5. The van der Waals surface area contributed by atoms with Crippen LogP contribution in [0.15, 0.2) is 48.5 Å². The van der Waals surface area contributed by atoms with Gasteiger partial charge in [0.1, 0.15) is 12.6 Å². The van der Waals surface area contributed by atoms with Gasteiger partial charge >= 0.3 is 12.1 Å². The first kappa shape index (κ1) is 23.9. The molecule has 3 rings (SSSR count). The summed E-state index contributed by atoms with van der Waals surface area (Å²) in [5.41, 5.74) is 4.59. The molecule has 2 aromatic rings. The fourth-order valence-electron chi connectivity index (χ4n) is 3.93. The molecule has 33 heavy (non-hydrogen) atoms. The first-order chi connectivity index (χ1) is 15.9. The van der Waals surface area contributed by atoms with Crippen LogP contribution < -0.4 is 10.6 Å². The molecule has 0 bridgehead atoms. The first-order valence-electron chi connectivity index (χ1n) is 10.9. The third kappa shape index (κ3) is 6.13. The van der Waals surface area contributed by atoms with E-state index in [1.807, 2.05) is 24.3 Å². The van der Waals surface area contributed by atoms with E-state index in [1.54, 1.807) is 13.8 Å². The van der Waals surface area contributed by atoms with Crippen molar-refractivity contribution in [1.29, 1.82) is 0 Å². The van der Waals surface area contributed by atoms with Gasteiger partial charge in [-0.1, -0.05) is 48.5 Å². The summed E-state index contributed by atoms with van der Waals surface area (Å²) in [6, 6.07) is 14.9. The van der Waals surface area contributed by atoms with Crippen LogP contribution in [0.3, 0.4) is 0 Å². The van der Waals surface area contributed by atoms with Gasteiger partial charge in [0.25, 0.3) is 0 Å². The fraction of sp³-hybridized carbons (Fsp3) is 0.346. The quantitative estimate of drug-likeness (QED) is 0.508. The summed E-state index contributed by atoms with van der Waals surface area (Å²) in [7, 11) is 0. The summed E-state index contributed by atoms with van der Waals surface area (Å²) in [5.74, 6) is 3.72. The number of benzene rings is 2. The Morgan fingerprint density at radius 2 is 1.64 bits per heavy atom. The molecule has 0 saturated carbocycles. The minimum absolute atomic E-state index is 0.0246. The smallest absolute Gasteiger partial charge is 0.407 e. The highest BCUT2D eigenvalue weighted by Gasteiger charge is 2.29. The topological polar surface area (TPSA) is 105 Å². The molecule has 0 saturated heterocycles. The Bertz CT molecular complexity index is 1040. The Balaban J connectivity index is 1.47. The highest BCUT2D eigenvalue weighted by Crippen LogP contribution is 2.44. The van der Waals surface area contributed by atoms with Gasteiger partial charge in [0.05, 0.1) is 0 Å². The van der Waals surface area contributed by atoms with Gasteiger partial charge in [0.2, 0.25) is 5.91 Å². The average molecular weight is 449 g/mol. The van der Waals surface area contributed by atoms with E-state index >= 15 is 0 Å². The molecule has 2 atom stereocenters.